The minimum Gasteiger partial charge on any atom is -0.368 e. The summed E-state index contributed by atoms with van der Waals surface area (Å²) in [6, 6.07) is 19.9. The van der Waals surface area contributed by atoms with E-state index in [1.807, 2.05) is 31.2 Å². The first kappa shape index (κ1) is 21.2. The van der Waals surface area contributed by atoms with E-state index in [9.17, 15) is 4.79 Å². The Kier molecular flexibility index (Phi) is 5.56. The van der Waals surface area contributed by atoms with Crippen LogP contribution in [-0.2, 0) is 0 Å². The van der Waals surface area contributed by atoms with Gasteiger partial charge in [-0.3, -0.25) is 4.79 Å². The molecule has 0 saturated carbocycles. The van der Waals surface area contributed by atoms with Gasteiger partial charge < -0.3 is 20.9 Å². The highest BCUT2D eigenvalue weighted by molar-refractivity contribution is 6.00. The summed E-state index contributed by atoms with van der Waals surface area (Å²) in [5.74, 6) is 0.913. The fraction of sp³-hybridized carbons (Fsp3) is 0.269. The largest absolute Gasteiger partial charge is 0.368 e. The van der Waals surface area contributed by atoms with Gasteiger partial charge in [-0.2, -0.15) is 4.98 Å². The van der Waals surface area contributed by atoms with E-state index in [0.29, 0.717) is 11.1 Å². The zero-order valence-electron chi connectivity index (χ0n) is 19.0. The van der Waals surface area contributed by atoms with Gasteiger partial charge in [0, 0.05) is 37.1 Å². The smallest absolute Gasteiger partial charge is 0.251 e. The van der Waals surface area contributed by atoms with E-state index >= 15 is 0 Å². The van der Waals surface area contributed by atoms with Crippen molar-refractivity contribution in [3.8, 4) is 0 Å². The Bertz CT molecular complexity index is 1330. The molecule has 1 aromatic heterocycles. The van der Waals surface area contributed by atoms with Crippen molar-refractivity contribution in [2.45, 2.75) is 13.0 Å². The molecule has 1 aliphatic rings. The van der Waals surface area contributed by atoms with Gasteiger partial charge in [-0.25, -0.2) is 4.98 Å². The molecule has 1 atom stereocenters. The average molecular weight is 441 g/mol. The highest BCUT2D eigenvalue weighted by atomic mass is 16.1. The number of aromatic nitrogens is 2. The van der Waals surface area contributed by atoms with Gasteiger partial charge in [0.05, 0.1) is 11.6 Å². The molecular weight excluding hydrogens is 412 g/mol. The number of fused-ring (bicyclic) bond motifs is 2. The van der Waals surface area contributed by atoms with Gasteiger partial charge in [-0.05, 0) is 54.6 Å². The monoisotopic (exact) mass is 440 g/mol. The van der Waals surface area contributed by atoms with Gasteiger partial charge in [-0.15, -0.1) is 0 Å². The molecular formula is C26H28N6O. The first-order chi connectivity index (χ1) is 16.0. The average Bonchev–Trinajstić information content (AvgIpc) is 2.83. The number of likely N-dealkylation sites (N-methyl/N-ethyl adjacent to an activating group) is 1. The molecule has 0 bridgehead atoms. The second-order valence-corrected chi connectivity index (χ2v) is 8.73. The number of hydrogen-bond donors (Lipinski definition) is 2. The van der Waals surface area contributed by atoms with Crippen LogP contribution >= 0.6 is 0 Å². The molecule has 7 nitrogen and oxygen atoms in total. The quantitative estimate of drug-likeness (QED) is 0.504. The lowest BCUT2D eigenvalue weighted by molar-refractivity contribution is 0.0940. The van der Waals surface area contributed by atoms with Crippen LogP contribution in [-0.4, -0.2) is 54.0 Å². The normalized spacial score (nSPS) is 15.6. The standard InChI is InChI=1S/C26H28N6O/c1-17(19-8-7-18-5-3-4-6-20(18)15-19)28-25(33)21-9-10-22-23(16-21)29-26(27)30-24(22)32-13-11-31(2)12-14-32/h3-10,15-17H,11-14H2,1-2H3,(H,28,33)(H2,27,29,30)/t17-/m0/s1. The minimum absolute atomic E-state index is 0.130. The second-order valence-electron chi connectivity index (χ2n) is 8.73. The Morgan fingerprint density at radius 1 is 0.970 bits per heavy atom. The summed E-state index contributed by atoms with van der Waals surface area (Å²) in [7, 11) is 2.12. The molecule has 5 rings (SSSR count). The fourth-order valence-electron chi connectivity index (χ4n) is 4.37. The third kappa shape index (κ3) is 4.32. The van der Waals surface area contributed by atoms with Gasteiger partial charge in [0.25, 0.3) is 5.91 Å². The first-order valence-corrected chi connectivity index (χ1v) is 11.3. The topological polar surface area (TPSA) is 87.4 Å². The van der Waals surface area contributed by atoms with Crippen LogP contribution in [0.5, 0.6) is 0 Å². The molecule has 0 spiro atoms. The third-order valence-electron chi connectivity index (χ3n) is 6.38. The number of carbonyl (C=O) groups excluding carboxylic acids is 1. The van der Waals surface area contributed by atoms with Crippen molar-refractivity contribution in [3.05, 3.63) is 71.8 Å². The van der Waals surface area contributed by atoms with Crippen molar-refractivity contribution in [2.24, 2.45) is 0 Å². The predicted molar refractivity (Wildman–Crippen MR) is 133 cm³/mol. The number of amides is 1. The molecule has 168 valence electrons. The predicted octanol–water partition coefficient (Wildman–Crippen LogP) is 3.61. The van der Waals surface area contributed by atoms with E-state index in [2.05, 4.69) is 62.5 Å². The van der Waals surface area contributed by atoms with Gasteiger partial charge in [0.15, 0.2) is 0 Å². The number of nitrogens with two attached hydrogens (primary N) is 1. The summed E-state index contributed by atoms with van der Waals surface area (Å²) in [4.78, 5) is 26.5. The van der Waals surface area contributed by atoms with E-state index in [1.54, 1.807) is 6.07 Å². The number of hydrogen-bond acceptors (Lipinski definition) is 6. The zero-order valence-corrected chi connectivity index (χ0v) is 19.0. The fourth-order valence-corrected chi connectivity index (χ4v) is 4.37. The molecule has 7 heteroatoms. The van der Waals surface area contributed by atoms with Gasteiger partial charge in [-0.1, -0.05) is 36.4 Å². The van der Waals surface area contributed by atoms with Gasteiger partial charge in [0.2, 0.25) is 5.95 Å². The van der Waals surface area contributed by atoms with Crippen LogP contribution in [0.25, 0.3) is 21.7 Å². The first-order valence-electron chi connectivity index (χ1n) is 11.3. The zero-order chi connectivity index (χ0) is 22.9. The third-order valence-corrected chi connectivity index (χ3v) is 6.38. The Labute approximate surface area is 193 Å². The Morgan fingerprint density at radius 3 is 2.52 bits per heavy atom. The van der Waals surface area contributed by atoms with Crippen molar-refractivity contribution >= 4 is 39.3 Å². The Hall–Kier alpha value is -3.71. The number of anilines is 2. The molecule has 0 radical (unpaired) electrons. The summed E-state index contributed by atoms with van der Waals surface area (Å²) >= 11 is 0. The van der Waals surface area contributed by atoms with Crippen LogP contribution in [0.15, 0.2) is 60.7 Å². The van der Waals surface area contributed by atoms with Crippen LogP contribution in [0.4, 0.5) is 11.8 Å². The number of nitrogens with one attached hydrogen (secondary N) is 1. The van der Waals surface area contributed by atoms with Crippen LogP contribution in [0.2, 0.25) is 0 Å². The lowest BCUT2D eigenvalue weighted by Crippen LogP contribution is -2.45. The molecule has 3 N–H and O–H groups in total. The minimum atomic E-state index is -0.143. The molecule has 1 saturated heterocycles. The van der Waals surface area contributed by atoms with E-state index in [-0.39, 0.29) is 17.9 Å². The van der Waals surface area contributed by atoms with Crippen LogP contribution in [0, 0.1) is 0 Å². The summed E-state index contributed by atoms with van der Waals surface area (Å²) < 4.78 is 0. The van der Waals surface area contributed by atoms with E-state index in [0.717, 1.165) is 48.3 Å². The lowest BCUT2D eigenvalue weighted by Gasteiger charge is -2.33. The van der Waals surface area contributed by atoms with E-state index < -0.39 is 0 Å². The van der Waals surface area contributed by atoms with Crippen LogP contribution in [0.3, 0.4) is 0 Å². The maximum atomic E-state index is 13.0. The molecule has 0 unspecified atom stereocenters. The van der Waals surface area contributed by atoms with Crippen molar-refractivity contribution in [1.29, 1.82) is 0 Å². The van der Waals surface area contributed by atoms with E-state index in [1.165, 1.54) is 5.39 Å². The maximum absolute atomic E-state index is 13.0. The van der Waals surface area contributed by atoms with Crippen molar-refractivity contribution in [2.75, 3.05) is 43.9 Å². The van der Waals surface area contributed by atoms with Gasteiger partial charge >= 0.3 is 0 Å². The number of carbonyl (C=O) groups is 1. The Morgan fingerprint density at radius 2 is 1.73 bits per heavy atom. The van der Waals surface area contributed by atoms with Crippen LogP contribution in [0.1, 0.15) is 28.9 Å². The van der Waals surface area contributed by atoms with E-state index in [4.69, 9.17) is 5.73 Å². The SMILES string of the molecule is C[C@H](NC(=O)c1ccc2c(N3CCN(C)CC3)nc(N)nc2c1)c1ccc2ccccc2c1. The number of nitrogen functional groups attached to an aromatic ring is 1. The summed E-state index contributed by atoms with van der Waals surface area (Å²) in [6.07, 6.45) is 0. The number of rotatable bonds is 4. The molecule has 1 amide bonds. The summed E-state index contributed by atoms with van der Waals surface area (Å²) in [5.41, 5.74) is 8.33. The van der Waals surface area contributed by atoms with Crippen molar-refractivity contribution in [1.82, 2.24) is 20.2 Å². The number of piperazine rings is 1. The maximum Gasteiger partial charge on any atom is 0.251 e. The summed E-state index contributed by atoms with van der Waals surface area (Å²) in [6.45, 7) is 5.70. The molecule has 0 aliphatic carbocycles. The molecule has 3 aromatic carbocycles. The molecule has 33 heavy (non-hydrogen) atoms. The highest BCUT2D eigenvalue weighted by Crippen LogP contribution is 2.27. The van der Waals surface area contributed by atoms with Gasteiger partial charge in [0.1, 0.15) is 5.82 Å². The number of benzene rings is 3. The number of nitrogens with zero attached hydrogens (tertiary/aromatic N) is 4. The second kappa shape index (κ2) is 8.67. The molecule has 1 fully saturated rings. The molecule has 2 heterocycles. The molecule has 4 aromatic rings. The van der Waals surface area contributed by atoms with Crippen LogP contribution < -0.4 is 16.0 Å². The molecule has 1 aliphatic heterocycles. The van der Waals surface area contributed by atoms with Crippen molar-refractivity contribution < 1.29 is 4.79 Å². The van der Waals surface area contributed by atoms with Crippen molar-refractivity contribution in [3.63, 3.8) is 0 Å². The lowest BCUT2D eigenvalue weighted by atomic mass is 10.0. The Balaban J connectivity index is 1.39. The summed E-state index contributed by atoms with van der Waals surface area (Å²) in [5, 5.41) is 6.36. The highest BCUT2D eigenvalue weighted by Gasteiger charge is 2.20.